The molecule has 17 nitrogen and oxygen atoms in total. The number of aromatic nitrogens is 2. The number of benzene rings is 4. The summed E-state index contributed by atoms with van der Waals surface area (Å²) in [5, 5.41) is 32.3. The van der Waals surface area contributed by atoms with Crippen molar-refractivity contribution >= 4 is 69.1 Å². The van der Waals surface area contributed by atoms with Crippen LogP contribution in [0.25, 0.3) is 21.8 Å². The molecule has 5 aliphatic rings. The van der Waals surface area contributed by atoms with Crippen molar-refractivity contribution in [1.29, 1.82) is 0 Å². The monoisotopic (exact) mass is 1110 g/mol. The molecule has 11 rings (SSSR count). The van der Waals surface area contributed by atoms with Crippen LogP contribution in [-0.2, 0) is 43.0 Å². The first-order valence-electron chi connectivity index (χ1n) is 27.6. The van der Waals surface area contributed by atoms with Crippen LogP contribution in [0, 0.1) is 0 Å². The molecule has 9 N–H and O–H groups in total. The van der Waals surface area contributed by atoms with E-state index in [0.717, 1.165) is 108 Å². The lowest BCUT2D eigenvalue weighted by Crippen LogP contribution is -2.37. The molecule has 2 atom stereocenters. The SMILES string of the molecule is CC(=O)O.CCC(=O)CC(=O)OC1CCCC1.CCC1=C(C(=O)OC2CCCC2)C(c2cccc(O)c2)C2=C(CC(c3ccc4cc[nH]c4c3)CC2=O)N1.N.O=C1CC(=O)CC(c2ccc3cc[nH]c3c2)C1.O=Cc1cccc(O)c1. The van der Waals surface area contributed by atoms with Crippen LogP contribution >= 0.6 is 0 Å². The van der Waals surface area contributed by atoms with Gasteiger partial charge in [-0.2, -0.15) is 0 Å². The van der Waals surface area contributed by atoms with Crippen LogP contribution in [0.3, 0.4) is 0 Å². The number of hydrogen-bond donors (Lipinski definition) is 7. The Kier molecular flexibility index (Phi) is 22.6. The second kappa shape index (κ2) is 29.7. The lowest BCUT2D eigenvalue weighted by Gasteiger charge is -2.37. The van der Waals surface area contributed by atoms with Crippen molar-refractivity contribution < 1.29 is 63.1 Å². The summed E-state index contributed by atoms with van der Waals surface area (Å²) < 4.78 is 11.1. The van der Waals surface area contributed by atoms with Crippen LogP contribution in [0.1, 0.15) is 168 Å². The van der Waals surface area contributed by atoms with Gasteiger partial charge in [-0.1, -0.05) is 62.4 Å². The maximum Gasteiger partial charge on any atom is 0.337 e. The van der Waals surface area contributed by atoms with Crippen LogP contribution in [0.4, 0.5) is 0 Å². The molecule has 2 unspecified atom stereocenters. The number of dihydropyridines is 1. The first-order valence-corrected chi connectivity index (χ1v) is 27.6. The number of aromatic hydroxyl groups is 2. The largest absolute Gasteiger partial charge is 0.508 e. The normalized spacial score (nSPS) is 18.0. The van der Waals surface area contributed by atoms with E-state index in [4.69, 9.17) is 24.5 Å². The molecule has 4 aromatic carbocycles. The second-order valence-electron chi connectivity index (χ2n) is 20.8. The van der Waals surface area contributed by atoms with Crippen LogP contribution in [0.15, 0.2) is 132 Å². The molecule has 0 saturated heterocycles. The number of ketones is 4. The molecule has 17 heteroatoms. The molecule has 0 amide bonds. The first-order chi connectivity index (χ1) is 38.5. The number of allylic oxidation sites excluding steroid dienone is 3. The van der Waals surface area contributed by atoms with Gasteiger partial charge in [-0.25, -0.2) is 4.79 Å². The second-order valence-corrected chi connectivity index (χ2v) is 20.8. The highest BCUT2D eigenvalue weighted by Crippen LogP contribution is 2.47. The molecular weight excluding hydrogens is 1030 g/mol. The van der Waals surface area contributed by atoms with Gasteiger partial charge in [0.1, 0.15) is 53.8 Å². The summed E-state index contributed by atoms with van der Waals surface area (Å²) in [5.74, 6) is -1.63. The molecule has 0 radical (unpaired) electrons. The van der Waals surface area contributed by atoms with Crippen molar-refractivity contribution in [2.45, 2.75) is 153 Å². The zero-order valence-corrected chi connectivity index (χ0v) is 46.3. The van der Waals surface area contributed by atoms with Crippen molar-refractivity contribution in [2.75, 3.05) is 0 Å². The predicted octanol–water partition coefficient (Wildman–Crippen LogP) is 12.0. The van der Waals surface area contributed by atoms with Crippen molar-refractivity contribution in [3.05, 3.63) is 154 Å². The van der Waals surface area contributed by atoms with Gasteiger partial charge >= 0.3 is 11.9 Å². The zero-order chi connectivity index (χ0) is 57.3. The maximum atomic E-state index is 13.9. The molecule has 3 saturated carbocycles. The number of Topliss-reactive ketones (excluding diaryl/α,β-unsaturated/α-hetero) is 4. The summed E-state index contributed by atoms with van der Waals surface area (Å²) >= 11 is 0. The molecule has 428 valence electrons. The molecule has 0 bridgehead atoms. The third-order valence-electron chi connectivity index (χ3n) is 14.9. The molecule has 4 aliphatic carbocycles. The Morgan fingerprint density at radius 1 is 0.654 bits per heavy atom. The van der Waals surface area contributed by atoms with E-state index in [1.54, 1.807) is 37.3 Å². The molecule has 3 heterocycles. The van der Waals surface area contributed by atoms with Crippen molar-refractivity contribution in [2.24, 2.45) is 0 Å². The number of rotatable bonds is 11. The molecule has 0 spiro atoms. The Morgan fingerprint density at radius 3 is 1.69 bits per heavy atom. The van der Waals surface area contributed by atoms with Gasteiger partial charge in [0.15, 0.2) is 5.78 Å². The number of aromatic amines is 2. The summed E-state index contributed by atoms with van der Waals surface area (Å²) in [4.78, 5) is 97.9. The van der Waals surface area contributed by atoms with Gasteiger partial charge in [0.05, 0.1) is 12.0 Å². The number of esters is 2. The number of hydrogen-bond acceptors (Lipinski definition) is 14. The van der Waals surface area contributed by atoms with Crippen molar-refractivity contribution in [1.82, 2.24) is 21.4 Å². The van der Waals surface area contributed by atoms with E-state index in [9.17, 15) is 38.7 Å². The quantitative estimate of drug-likeness (QED) is 0.0360. The summed E-state index contributed by atoms with van der Waals surface area (Å²) in [5.41, 5.74) is 8.35. The van der Waals surface area contributed by atoms with Gasteiger partial charge in [0, 0.05) is 84.5 Å². The Bertz CT molecular complexity index is 3260. The first kappa shape index (κ1) is 61.8. The van der Waals surface area contributed by atoms with Gasteiger partial charge in [0.25, 0.3) is 5.97 Å². The highest BCUT2D eigenvalue weighted by atomic mass is 16.5. The summed E-state index contributed by atoms with van der Waals surface area (Å²) in [7, 11) is 0. The summed E-state index contributed by atoms with van der Waals surface area (Å²) in [6.07, 6.45) is 15.8. The molecule has 6 aromatic rings. The third kappa shape index (κ3) is 17.3. The van der Waals surface area contributed by atoms with E-state index in [1.165, 1.54) is 12.1 Å². The predicted molar refractivity (Wildman–Crippen MR) is 307 cm³/mol. The Balaban J connectivity index is 0.000000197. The van der Waals surface area contributed by atoms with Crippen LogP contribution in [0.2, 0.25) is 0 Å². The Hall–Kier alpha value is -8.44. The molecule has 81 heavy (non-hydrogen) atoms. The van der Waals surface area contributed by atoms with E-state index in [2.05, 4.69) is 33.5 Å². The van der Waals surface area contributed by atoms with Crippen molar-refractivity contribution in [3.63, 3.8) is 0 Å². The lowest BCUT2D eigenvalue weighted by atomic mass is 9.71. The number of phenolic OH excluding ortho intramolecular Hbond substituents is 2. The molecular formula is C64H74N4O13. The summed E-state index contributed by atoms with van der Waals surface area (Å²) in [6.45, 7) is 4.85. The number of carbonyl (C=O) groups excluding carboxylic acids is 7. The van der Waals surface area contributed by atoms with E-state index in [1.807, 2.05) is 55.7 Å². The number of carboxylic acids is 1. The summed E-state index contributed by atoms with van der Waals surface area (Å²) in [6, 6.07) is 29.6. The van der Waals surface area contributed by atoms with Gasteiger partial charge in [0.2, 0.25) is 0 Å². The average Bonchev–Trinajstić information content (AvgIpc) is 4.40. The molecule has 1 aliphatic heterocycles. The van der Waals surface area contributed by atoms with E-state index in [-0.39, 0.29) is 89.6 Å². The van der Waals surface area contributed by atoms with Crippen LogP contribution in [0.5, 0.6) is 11.5 Å². The smallest absolute Gasteiger partial charge is 0.337 e. The Labute approximate surface area is 471 Å². The highest BCUT2D eigenvalue weighted by molar-refractivity contribution is 6.05. The van der Waals surface area contributed by atoms with Gasteiger partial charge in [-0.05, 0) is 152 Å². The minimum Gasteiger partial charge on any atom is -0.508 e. The van der Waals surface area contributed by atoms with E-state index >= 15 is 0 Å². The topological polar surface area (TPSA) is 294 Å². The minimum atomic E-state index is -0.833. The number of nitrogens with one attached hydrogen (secondary N) is 3. The number of phenols is 2. The van der Waals surface area contributed by atoms with Crippen LogP contribution in [-0.4, -0.2) is 84.8 Å². The van der Waals surface area contributed by atoms with Gasteiger partial charge in [-0.3, -0.25) is 33.6 Å². The number of ether oxygens (including phenoxy) is 2. The van der Waals surface area contributed by atoms with Crippen LogP contribution < -0.4 is 11.5 Å². The molecule has 3 fully saturated rings. The number of aliphatic carboxylic acids is 1. The number of aldehydes is 1. The fourth-order valence-corrected chi connectivity index (χ4v) is 10.9. The minimum absolute atomic E-state index is 0. The van der Waals surface area contributed by atoms with Gasteiger partial charge in [-0.15, -0.1) is 0 Å². The number of H-pyrrole nitrogens is 2. The van der Waals surface area contributed by atoms with E-state index in [0.29, 0.717) is 61.5 Å². The maximum absolute atomic E-state index is 13.9. The van der Waals surface area contributed by atoms with Crippen molar-refractivity contribution in [3.8, 4) is 11.5 Å². The van der Waals surface area contributed by atoms with E-state index < -0.39 is 11.9 Å². The molecule has 2 aromatic heterocycles. The fourth-order valence-electron chi connectivity index (χ4n) is 10.9. The average molecular weight is 1110 g/mol. The highest BCUT2D eigenvalue weighted by Gasteiger charge is 2.43. The Morgan fingerprint density at radius 2 is 1.19 bits per heavy atom. The fraction of sp³-hybridized carbons (Fsp3) is 0.375. The third-order valence-corrected chi connectivity index (χ3v) is 14.9. The zero-order valence-electron chi connectivity index (χ0n) is 46.3. The number of carboxylic acid groups (broad SMARTS) is 1. The standard InChI is InChI=1S/C31H32N2O4.C14H13NO2.C10H16O3.C7H6O2.C2H4O2.H3N/c1-2-24-30(31(36)37-23-8-3-4-9-23)28(20-6-5-7-22(34)14-20)29-26(33-24)16-21(17-27(29)35)19-11-10-18-12-13-32-25(18)15-19;16-12-5-11(6-13(17)8-12)10-2-1-9-3-4-15-14(9)7-10;1-2-8(11)7-10(12)13-9-5-3-4-6-9;8-5-6-2-1-3-7(9)4-6;1-2(3)4;/h5-7,10-15,21,23,28,32-34H,2-4,8-9,16-17H2,1H3;1-4,7,11,15H,5-6,8H2;9H,2-7H2,1H3;1-5,9H;1H3,(H,3,4);1H3. The number of carbonyl (C=O) groups is 8. The van der Waals surface area contributed by atoms with Gasteiger partial charge < -0.3 is 46.2 Å². The lowest BCUT2D eigenvalue weighted by molar-refractivity contribution is -0.151. The number of fused-ring (bicyclic) bond motifs is 2.